The number of nitrogens with zero attached hydrogens (tertiary/aromatic N) is 1. The normalized spacial score (nSPS) is 24.6. The molecule has 0 saturated carbocycles. The maximum Gasteiger partial charge on any atom is 0.251 e. The Hall–Kier alpha value is -1.80. The van der Waals surface area contributed by atoms with E-state index in [1.807, 2.05) is 0 Å². The third-order valence-electron chi connectivity index (χ3n) is 3.62. The highest BCUT2D eigenvalue weighted by Gasteiger charge is 2.42. The highest BCUT2D eigenvalue weighted by molar-refractivity contribution is 8.15. The molecule has 1 fully saturated rings. The number of hydrogen-bond donors (Lipinski definition) is 2. The summed E-state index contributed by atoms with van der Waals surface area (Å²) in [7, 11) is -2.93. The molecule has 2 atom stereocenters. The van der Waals surface area contributed by atoms with Crippen molar-refractivity contribution in [2.75, 3.05) is 23.4 Å². The Balaban J connectivity index is 1.61. The van der Waals surface area contributed by atoms with E-state index in [9.17, 15) is 13.2 Å². The molecular weight excluding hydrogens is 334 g/mol. The SMILES string of the molecule is C=CCNC(=O)c1ccc(NC2=N[C@@H]3CS(=O)(=O)C[C@H]3S2)cc1. The van der Waals surface area contributed by atoms with E-state index in [-0.39, 0.29) is 28.7 Å². The molecule has 1 aromatic carbocycles. The third-order valence-corrected chi connectivity index (χ3v) is 6.77. The number of carbonyl (C=O) groups excluding carboxylic acids is 1. The second-order valence-corrected chi connectivity index (χ2v) is 8.82. The van der Waals surface area contributed by atoms with Crippen LogP contribution in [0.25, 0.3) is 0 Å². The second kappa shape index (κ2) is 6.37. The zero-order chi connectivity index (χ0) is 16.4. The molecule has 3 rings (SSSR count). The second-order valence-electron chi connectivity index (χ2n) is 5.44. The van der Waals surface area contributed by atoms with Crippen LogP contribution in [-0.2, 0) is 9.84 Å². The third kappa shape index (κ3) is 3.76. The summed E-state index contributed by atoms with van der Waals surface area (Å²) in [5.74, 6) is 0.182. The van der Waals surface area contributed by atoms with Crippen LogP contribution in [-0.4, -0.2) is 48.8 Å². The van der Waals surface area contributed by atoms with Crippen molar-refractivity contribution in [1.29, 1.82) is 0 Å². The molecule has 1 saturated heterocycles. The molecule has 0 radical (unpaired) electrons. The molecule has 2 aliphatic rings. The highest BCUT2D eigenvalue weighted by Crippen LogP contribution is 2.34. The van der Waals surface area contributed by atoms with Crippen molar-refractivity contribution in [1.82, 2.24) is 5.32 Å². The van der Waals surface area contributed by atoms with Crippen molar-refractivity contribution in [3.05, 3.63) is 42.5 Å². The Morgan fingerprint density at radius 2 is 2.09 bits per heavy atom. The summed E-state index contributed by atoms with van der Waals surface area (Å²) in [6.45, 7) is 3.98. The fourth-order valence-electron chi connectivity index (χ4n) is 2.51. The number of hydrogen-bond acceptors (Lipinski definition) is 6. The van der Waals surface area contributed by atoms with E-state index in [1.165, 1.54) is 11.8 Å². The van der Waals surface area contributed by atoms with Crippen LogP contribution in [0.1, 0.15) is 10.4 Å². The molecule has 2 N–H and O–H groups in total. The fourth-order valence-corrected chi connectivity index (χ4v) is 6.19. The van der Waals surface area contributed by atoms with Crippen LogP contribution in [0.2, 0.25) is 0 Å². The smallest absolute Gasteiger partial charge is 0.251 e. The molecule has 1 aromatic rings. The Morgan fingerprint density at radius 3 is 2.74 bits per heavy atom. The molecule has 0 bridgehead atoms. The standard InChI is InChI=1S/C15H17N3O3S2/c1-2-7-16-14(19)10-3-5-11(6-4-10)17-15-18-12-8-23(20,21)9-13(12)22-15/h2-6,12-13H,1,7-9H2,(H,16,19)(H,17,18)/t12-,13-/m1/s1. The van der Waals surface area contributed by atoms with E-state index in [4.69, 9.17) is 0 Å². The van der Waals surface area contributed by atoms with Gasteiger partial charge in [0.15, 0.2) is 15.0 Å². The summed E-state index contributed by atoms with van der Waals surface area (Å²) in [5.41, 5.74) is 1.39. The van der Waals surface area contributed by atoms with E-state index in [0.717, 1.165) is 10.9 Å². The Labute approximate surface area is 139 Å². The lowest BCUT2D eigenvalue weighted by Gasteiger charge is -2.08. The minimum atomic E-state index is -2.93. The van der Waals surface area contributed by atoms with Gasteiger partial charge in [-0.3, -0.25) is 9.79 Å². The minimum absolute atomic E-state index is 0.0199. The number of amides is 1. The Bertz CT molecular complexity index is 757. The van der Waals surface area contributed by atoms with Crippen molar-refractivity contribution >= 4 is 38.4 Å². The molecule has 1 amide bonds. The molecule has 2 aliphatic heterocycles. The predicted octanol–water partition coefficient (Wildman–Crippen LogP) is 1.28. The van der Waals surface area contributed by atoms with Gasteiger partial charge in [-0.05, 0) is 24.3 Å². The van der Waals surface area contributed by atoms with Crippen molar-refractivity contribution in [3.8, 4) is 0 Å². The number of nitrogens with one attached hydrogen (secondary N) is 2. The molecule has 2 heterocycles. The summed E-state index contributed by atoms with van der Waals surface area (Å²) in [4.78, 5) is 16.2. The number of sulfone groups is 1. The molecule has 23 heavy (non-hydrogen) atoms. The average molecular weight is 351 g/mol. The Morgan fingerprint density at radius 1 is 1.35 bits per heavy atom. The van der Waals surface area contributed by atoms with Gasteiger partial charge in [-0.25, -0.2) is 8.42 Å². The molecule has 122 valence electrons. The molecule has 0 aromatic heterocycles. The fraction of sp³-hybridized carbons (Fsp3) is 0.333. The van der Waals surface area contributed by atoms with Gasteiger partial charge < -0.3 is 10.6 Å². The highest BCUT2D eigenvalue weighted by atomic mass is 32.2. The van der Waals surface area contributed by atoms with E-state index in [2.05, 4.69) is 22.2 Å². The average Bonchev–Trinajstić information content (AvgIpc) is 2.98. The maximum absolute atomic E-state index is 11.8. The first-order valence-corrected chi connectivity index (χ1v) is 9.88. The zero-order valence-electron chi connectivity index (χ0n) is 12.4. The van der Waals surface area contributed by atoms with Crippen LogP contribution in [0.5, 0.6) is 0 Å². The van der Waals surface area contributed by atoms with Gasteiger partial charge >= 0.3 is 0 Å². The van der Waals surface area contributed by atoms with Crippen LogP contribution < -0.4 is 10.6 Å². The molecule has 0 unspecified atom stereocenters. The number of benzene rings is 1. The van der Waals surface area contributed by atoms with E-state index < -0.39 is 9.84 Å². The van der Waals surface area contributed by atoms with Gasteiger partial charge in [-0.1, -0.05) is 17.8 Å². The first-order valence-electron chi connectivity index (χ1n) is 7.18. The van der Waals surface area contributed by atoms with Crippen molar-refractivity contribution in [2.45, 2.75) is 11.3 Å². The van der Waals surface area contributed by atoms with Crippen LogP contribution >= 0.6 is 11.8 Å². The first-order chi connectivity index (χ1) is 11.0. The molecule has 0 spiro atoms. The lowest BCUT2D eigenvalue weighted by Crippen LogP contribution is -2.23. The number of aliphatic imine (C=N–C) groups is 1. The van der Waals surface area contributed by atoms with Gasteiger partial charge in [0.25, 0.3) is 5.91 Å². The van der Waals surface area contributed by atoms with E-state index in [0.29, 0.717) is 12.1 Å². The maximum atomic E-state index is 11.8. The molecular formula is C15H17N3O3S2. The summed E-state index contributed by atoms with van der Waals surface area (Å²) in [5, 5.41) is 6.64. The number of amidine groups is 1. The molecule has 0 aliphatic carbocycles. The quantitative estimate of drug-likeness (QED) is 0.798. The van der Waals surface area contributed by atoms with Gasteiger partial charge in [0.1, 0.15) is 0 Å². The molecule has 6 nitrogen and oxygen atoms in total. The first kappa shape index (κ1) is 16.1. The van der Waals surface area contributed by atoms with Gasteiger partial charge in [-0.2, -0.15) is 0 Å². The number of fused-ring (bicyclic) bond motifs is 1. The number of thioether (sulfide) groups is 1. The lowest BCUT2D eigenvalue weighted by molar-refractivity contribution is 0.0958. The van der Waals surface area contributed by atoms with Crippen molar-refractivity contribution < 1.29 is 13.2 Å². The summed E-state index contributed by atoms with van der Waals surface area (Å²) in [6, 6.07) is 6.92. The van der Waals surface area contributed by atoms with Gasteiger partial charge in [0.05, 0.1) is 17.5 Å². The summed E-state index contributed by atoms with van der Waals surface area (Å²) < 4.78 is 23.1. The minimum Gasteiger partial charge on any atom is -0.349 e. The van der Waals surface area contributed by atoms with Crippen molar-refractivity contribution in [2.24, 2.45) is 4.99 Å². The van der Waals surface area contributed by atoms with Crippen LogP contribution in [0.3, 0.4) is 0 Å². The monoisotopic (exact) mass is 351 g/mol. The Kier molecular flexibility index (Phi) is 4.45. The van der Waals surface area contributed by atoms with Crippen LogP contribution in [0.4, 0.5) is 5.69 Å². The van der Waals surface area contributed by atoms with Gasteiger partial charge in [-0.15, -0.1) is 6.58 Å². The van der Waals surface area contributed by atoms with Crippen LogP contribution in [0.15, 0.2) is 41.9 Å². The number of rotatable bonds is 4. The van der Waals surface area contributed by atoms with E-state index in [1.54, 1.807) is 30.3 Å². The molecule has 8 heteroatoms. The van der Waals surface area contributed by atoms with Crippen LogP contribution in [0, 0.1) is 0 Å². The topological polar surface area (TPSA) is 87.6 Å². The largest absolute Gasteiger partial charge is 0.349 e. The predicted molar refractivity (Wildman–Crippen MR) is 93.9 cm³/mol. The summed E-state index contributed by atoms with van der Waals surface area (Å²) >= 11 is 1.47. The lowest BCUT2D eigenvalue weighted by atomic mass is 10.2. The van der Waals surface area contributed by atoms with E-state index >= 15 is 0 Å². The van der Waals surface area contributed by atoms with Gasteiger partial charge in [0.2, 0.25) is 0 Å². The number of anilines is 1. The zero-order valence-corrected chi connectivity index (χ0v) is 14.0. The number of carbonyl (C=O) groups is 1. The van der Waals surface area contributed by atoms with Gasteiger partial charge in [0, 0.05) is 23.0 Å². The summed E-state index contributed by atoms with van der Waals surface area (Å²) in [6.07, 6.45) is 1.63. The van der Waals surface area contributed by atoms with Crippen molar-refractivity contribution in [3.63, 3.8) is 0 Å².